The van der Waals surface area contributed by atoms with Gasteiger partial charge in [-0.05, 0) is 25.5 Å². The van der Waals surface area contributed by atoms with Crippen molar-refractivity contribution in [1.82, 2.24) is 0 Å². The van der Waals surface area contributed by atoms with Gasteiger partial charge in [-0.1, -0.05) is 37.6 Å². The van der Waals surface area contributed by atoms with Crippen LogP contribution in [0.15, 0.2) is 41.3 Å². The molecule has 0 heterocycles. The lowest BCUT2D eigenvalue weighted by molar-refractivity contribution is -0.139. The average molecular weight is 296 g/mol. The van der Waals surface area contributed by atoms with Gasteiger partial charge in [-0.2, -0.15) is 0 Å². The molecule has 0 aliphatic rings. The van der Waals surface area contributed by atoms with Crippen LogP contribution in [0.4, 0.5) is 0 Å². The first-order valence-corrected chi connectivity index (χ1v) is 8.16. The Labute approximate surface area is 120 Å². The van der Waals surface area contributed by atoms with Crippen LogP contribution in [0.3, 0.4) is 0 Å². The van der Waals surface area contributed by atoms with Crippen LogP contribution in [0, 0.1) is 6.92 Å². The summed E-state index contributed by atoms with van der Waals surface area (Å²) in [5, 5.41) is 0. The van der Waals surface area contributed by atoms with Crippen LogP contribution in [-0.4, -0.2) is 26.7 Å². The summed E-state index contributed by atoms with van der Waals surface area (Å²) in [5.41, 5.74) is 0.934. The summed E-state index contributed by atoms with van der Waals surface area (Å²) >= 11 is 0. The van der Waals surface area contributed by atoms with Gasteiger partial charge in [-0.25, -0.2) is 13.2 Å². The van der Waals surface area contributed by atoms with Crippen molar-refractivity contribution in [3.05, 3.63) is 42.0 Å². The van der Waals surface area contributed by atoms with Gasteiger partial charge in [0.05, 0.1) is 17.3 Å². The number of ether oxygens (including phenoxy) is 1. The standard InChI is InChI=1S/C15H20O4S/c1-4-5-10-19-15(16)13(3)11-20(17,18)14-8-6-12(2)7-9-14/h6-9H,3-5,10-11H2,1-2H3. The summed E-state index contributed by atoms with van der Waals surface area (Å²) in [4.78, 5) is 11.8. The fraction of sp³-hybridized carbons (Fsp3) is 0.400. The van der Waals surface area contributed by atoms with E-state index < -0.39 is 21.6 Å². The molecule has 20 heavy (non-hydrogen) atoms. The molecule has 0 saturated carbocycles. The molecule has 110 valence electrons. The molecule has 0 aliphatic heterocycles. The molecule has 0 bridgehead atoms. The minimum absolute atomic E-state index is 0.0401. The summed E-state index contributed by atoms with van der Waals surface area (Å²) in [7, 11) is -3.55. The zero-order valence-corrected chi connectivity index (χ0v) is 12.7. The molecular formula is C15H20O4S. The second-order valence-electron chi connectivity index (χ2n) is 4.67. The third-order valence-corrected chi connectivity index (χ3v) is 4.48. The van der Waals surface area contributed by atoms with Gasteiger partial charge in [0.25, 0.3) is 0 Å². The molecule has 4 nitrogen and oxygen atoms in total. The molecule has 1 rings (SSSR count). The van der Waals surface area contributed by atoms with Crippen LogP contribution in [0.1, 0.15) is 25.3 Å². The predicted octanol–water partition coefficient (Wildman–Crippen LogP) is 2.67. The van der Waals surface area contributed by atoms with Gasteiger partial charge in [-0.15, -0.1) is 0 Å². The van der Waals surface area contributed by atoms with Crippen molar-refractivity contribution in [2.24, 2.45) is 0 Å². The van der Waals surface area contributed by atoms with Crippen molar-refractivity contribution >= 4 is 15.8 Å². The SMILES string of the molecule is C=C(CS(=O)(=O)c1ccc(C)cc1)C(=O)OCCCC. The van der Waals surface area contributed by atoms with Crippen molar-refractivity contribution in [3.8, 4) is 0 Å². The Morgan fingerprint density at radius 1 is 1.25 bits per heavy atom. The number of hydrogen-bond donors (Lipinski definition) is 0. The van der Waals surface area contributed by atoms with Gasteiger partial charge in [-0.3, -0.25) is 0 Å². The smallest absolute Gasteiger partial charge is 0.334 e. The largest absolute Gasteiger partial charge is 0.462 e. The van der Waals surface area contributed by atoms with E-state index in [1.165, 1.54) is 12.1 Å². The lowest BCUT2D eigenvalue weighted by atomic mass is 10.2. The van der Waals surface area contributed by atoms with Gasteiger partial charge in [0.2, 0.25) is 0 Å². The number of hydrogen-bond acceptors (Lipinski definition) is 4. The van der Waals surface area contributed by atoms with E-state index in [0.29, 0.717) is 6.61 Å². The van der Waals surface area contributed by atoms with E-state index in [9.17, 15) is 13.2 Å². The molecule has 0 N–H and O–H groups in total. The van der Waals surface area contributed by atoms with Crippen LogP contribution in [-0.2, 0) is 19.4 Å². The highest BCUT2D eigenvalue weighted by atomic mass is 32.2. The molecule has 0 spiro atoms. The molecule has 0 aromatic heterocycles. The Hall–Kier alpha value is -1.62. The van der Waals surface area contributed by atoms with E-state index in [1.807, 2.05) is 13.8 Å². The van der Waals surface area contributed by atoms with Gasteiger partial charge >= 0.3 is 5.97 Å². The summed E-state index contributed by atoms with van der Waals surface area (Å²) in [5.74, 6) is -1.06. The normalized spacial score (nSPS) is 11.1. The van der Waals surface area contributed by atoms with Gasteiger partial charge in [0.15, 0.2) is 9.84 Å². The van der Waals surface area contributed by atoms with Crippen molar-refractivity contribution in [2.75, 3.05) is 12.4 Å². The highest BCUT2D eigenvalue weighted by Gasteiger charge is 2.20. The number of benzene rings is 1. The molecule has 1 aromatic carbocycles. The maximum Gasteiger partial charge on any atom is 0.334 e. The fourth-order valence-corrected chi connectivity index (χ4v) is 2.82. The number of carbonyl (C=O) groups is 1. The van der Waals surface area contributed by atoms with Crippen LogP contribution in [0.25, 0.3) is 0 Å². The monoisotopic (exact) mass is 296 g/mol. The molecule has 1 aromatic rings. The molecule has 0 unspecified atom stereocenters. The lowest BCUT2D eigenvalue weighted by Gasteiger charge is -2.08. The Balaban J connectivity index is 2.68. The molecule has 0 radical (unpaired) electrons. The fourth-order valence-electron chi connectivity index (χ4n) is 1.53. The second-order valence-corrected chi connectivity index (χ2v) is 6.65. The third kappa shape index (κ3) is 4.81. The quantitative estimate of drug-likeness (QED) is 0.441. The molecule has 5 heteroatoms. The van der Waals surface area contributed by atoms with Crippen LogP contribution in [0.5, 0.6) is 0 Å². The number of carbonyl (C=O) groups excluding carboxylic acids is 1. The van der Waals surface area contributed by atoms with E-state index in [0.717, 1.165) is 18.4 Å². The predicted molar refractivity (Wildman–Crippen MR) is 78.2 cm³/mol. The summed E-state index contributed by atoms with van der Waals surface area (Å²) < 4.78 is 29.2. The topological polar surface area (TPSA) is 60.4 Å². The number of aryl methyl sites for hydroxylation is 1. The van der Waals surface area contributed by atoms with E-state index in [4.69, 9.17) is 4.74 Å². The van der Waals surface area contributed by atoms with Crippen molar-refractivity contribution in [1.29, 1.82) is 0 Å². The molecule has 0 amide bonds. The van der Waals surface area contributed by atoms with E-state index in [1.54, 1.807) is 12.1 Å². The van der Waals surface area contributed by atoms with E-state index in [2.05, 4.69) is 6.58 Å². The number of esters is 1. The highest BCUT2D eigenvalue weighted by molar-refractivity contribution is 7.91. The molecular weight excluding hydrogens is 276 g/mol. The van der Waals surface area contributed by atoms with Crippen molar-refractivity contribution in [3.63, 3.8) is 0 Å². The molecule has 0 fully saturated rings. The number of sulfone groups is 1. The molecule has 0 aliphatic carbocycles. The highest BCUT2D eigenvalue weighted by Crippen LogP contribution is 2.15. The Bertz CT molecular complexity index is 570. The summed E-state index contributed by atoms with van der Waals surface area (Å²) in [6.07, 6.45) is 1.66. The van der Waals surface area contributed by atoms with Crippen LogP contribution < -0.4 is 0 Å². The van der Waals surface area contributed by atoms with Crippen molar-refractivity contribution < 1.29 is 17.9 Å². The Kier molecular flexibility index (Phi) is 5.95. The summed E-state index contributed by atoms with van der Waals surface area (Å²) in [6.45, 7) is 7.65. The average Bonchev–Trinajstić information content (AvgIpc) is 2.38. The van der Waals surface area contributed by atoms with E-state index >= 15 is 0 Å². The minimum atomic E-state index is -3.55. The Morgan fingerprint density at radius 2 is 1.85 bits per heavy atom. The first kappa shape index (κ1) is 16.4. The zero-order valence-electron chi connectivity index (χ0n) is 11.9. The zero-order chi connectivity index (χ0) is 15.2. The Morgan fingerprint density at radius 3 is 2.40 bits per heavy atom. The first-order chi connectivity index (χ1) is 9.36. The minimum Gasteiger partial charge on any atom is -0.462 e. The lowest BCUT2D eigenvalue weighted by Crippen LogP contribution is -2.17. The second kappa shape index (κ2) is 7.24. The van der Waals surface area contributed by atoms with Crippen LogP contribution in [0.2, 0.25) is 0 Å². The van der Waals surface area contributed by atoms with Gasteiger partial charge < -0.3 is 4.74 Å². The maximum absolute atomic E-state index is 12.1. The third-order valence-electron chi connectivity index (χ3n) is 2.76. The van der Waals surface area contributed by atoms with Crippen molar-refractivity contribution in [2.45, 2.75) is 31.6 Å². The first-order valence-electron chi connectivity index (χ1n) is 6.51. The number of unbranched alkanes of at least 4 members (excludes halogenated alkanes) is 1. The van der Waals surface area contributed by atoms with E-state index in [-0.39, 0.29) is 10.5 Å². The summed E-state index contributed by atoms with van der Waals surface area (Å²) in [6, 6.07) is 6.49. The van der Waals surface area contributed by atoms with Gasteiger partial charge in [0.1, 0.15) is 0 Å². The number of rotatable bonds is 7. The maximum atomic E-state index is 12.1. The van der Waals surface area contributed by atoms with Gasteiger partial charge in [0, 0.05) is 5.57 Å². The van der Waals surface area contributed by atoms with Crippen LogP contribution >= 0.6 is 0 Å². The molecule has 0 saturated heterocycles. The molecule has 0 atom stereocenters.